The minimum Gasteiger partial charge on any atom is -0.469 e. The first-order valence-electron chi connectivity index (χ1n) is 8.40. The second-order valence-corrected chi connectivity index (χ2v) is 6.16. The summed E-state index contributed by atoms with van der Waals surface area (Å²) in [7, 11) is 1.34. The molecule has 1 aliphatic rings. The predicted molar refractivity (Wildman–Crippen MR) is 88.7 cm³/mol. The lowest BCUT2D eigenvalue weighted by molar-refractivity contribution is -0.140. The SMILES string of the molecule is COC(=O)CCCC(=O)N[C@@H]1CCCN(Cc2ccccc2F)C1. The van der Waals surface area contributed by atoms with E-state index in [0.717, 1.165) is 25.9 Å². The molecule has 24 heavy (non-hydrogen) atoms. The number of carbonyl (C=O) groups excluding carboxylic acids is 2. The molecule has 1 amide bonds. The zero-order chi connectivity index (χ0) is 17.4. The van der Waals surface area contributed by atoms with Gasteiger partial charge in [0.15, 0.2) is 0 Å². The van der Waals surface area contributed by atoms with Crippen LogP contribution < -0.4 is 5.32 Å². The quantitative estimate of drug-likeness (QED) is 0.776. The van der Waals surface area contributed by atoms with E-state index in [1.807, 2.05) is 6.07 Å². The second-order valence-electron chi connectivity index (χ2n) is 6.16. The summed E-state index contributed by atoms with van der Waals surface area (Å²) in [5.41, 5.74) is 0.683. The Morgan fingerprint density at radius 2 is 2.12 bits per heavy atom. The van der Waals surface area contributed by atoms with Gasteiger partial charge in [-0.05, 0) is 31.9 Å². The van der Waals surface area contributed by atoms with Crippen molar-refractivity contribution in [3.05, 3.63) is 35.6 Å². The van der Waals surface area contributed by atoms with Crippen molar-refractivity contribution in [2.75, 3.05) is 20.2 Å². The fourth-order valence-corrected chi connectivity index (χ4v) is 2.98. The number of rotatable bonds is 7. The van der Waals surface area contributed by atoms with Crippen LogP contribution in [-0.4, -0.2) is 43.0 Å². The van der Waals surface area contributed by atoms with Crippen LogP contribution in [0.2, 0.25) is 0 Å². The summed E-state index contributed by atoms with van der Waals surface area (Å²) in [5, 5.41) is 3.01. The molecule has 0 bridgehead atoms. The van der Waals surface area contributed by atoms with Gasteiger partial charge in [0.25, 0.3) is 0 Å². The van der Waals surface area contributed by atoms with E-state index in [0.29, 0.717) is 24.9 Å². The van der Waals surface area contributed by atoms with Crippen molar-refractivity contribution in [1.29, 1.82) is 0 Å². The standard InChI is InChI=1S/C18H25FN2O3/c1-24-18(23)10-4-9-17(22)20-15-7-5-11-21(13-15)12-14-6-2-3-8-16(14)19/h2-3,6,8,15H,4-5,7,9-13H2,1H3,(H,20,22)/t15-/m1/s1. The van der Waals surface area contributed by atoms with Crippen molar-refractivity contribution in [2.45, 2.75) is 44.7 Å². The Labute approximate surface area is 142 Å². The molecule has 1 atom stereocenters. The van der Waals surface area contributed by atoms with E-state index < -0.39 is 0 Å². The molecule has 0 spiro atoms. The van der Waals surface area contributed by atoms with Gasteiger partial charge in [0, 0.05) is 37.5 Å². The maximum Gasteiger partial charge on any atom is 0.305 e. The van der Waals surface area contributed by atoms with E-state index in [2.05, 4.69) is 15.0 Å². The molecule has 0 aliphatic carbocycles. The molecular formula is C18H25FN2O3. The highest BCUT2D eigenvalue weighted by Crippen LogP contribution is 2.16. The third-order valence-corrected chi connectivity index (χ3v) is 4.23. The van der Waals surface area contributed by atoms with E-state index in [9.17, 15) is 14.0 Å². The number of benzene rings is 1. The topological polar surface area (TPSA) is 58.6 Å². The Hall–Kier alpha value is -1.95. The number of hydrogen-bond acceptors (Lipinski definition) is 4. The lowest BCUT2D eigenvalue weighted by Gasteiger charge is -2.33. The van der Waals surface area contributed by atoms with Gasteiger partial charge in [0.05, 0.1) is 7.11 Å². The number of hydrogen-bond donors (Lipinski definition) is 1. The van der Waals surface area contributed by atoms with Crippen molar-refractivity contribution in [1.82, 2.24) is 10.2 Å². The van der Waals surface area contributed by atoms with Gasteiger partial charge < -0.3 is 10.1 Å². The highest BCUT2D eigenvalue weighted by atomic mass is 19.1. The zero-order valence-corrected chi connectivity index (χ0v) is 14.1. The van der Waals surface area contributed by atoms with Crippen LogP contribution in [0.1, 0.15) is 37.7 Å². The number of esters is 1. The van der Waals surface area contributed by atoms with Crippen molar-refractivity contribution < 1.29 is 18.7 Å². The fourth-order valence-electron chi connectivity index (χ4n) is 2.98. The number of piperidine rings is 1. The molecule has 6 heteroatoms. The molecule has 1 aromatic rings. The molecule has 0 saturated carbocycles. The second kappa shape index (κ2) is 9.37. The van der Waals surface area contributed by atoms with Crippen LogP contribution in [0.5, 0.6) is 0 Å². The smallest absolute Gasteiger partial charge is 0.305 e. The Morgan fingerprint density at radius 1 is 1.33 bits per heavy atom. The number of amides is 1. The average molecular weight is 336 g/mol. The highest BCUT2D eigenvalue weighted by molar-refractivity contribution is 5.77. The van der Waals surface area contributed by atoms with Crippen LogP contribution in [0.3, 0.4) is 0 Å². The van der Waals surface area contributed by atoms with Crippen LogP contribution in [0.25, 0.3) is 0 Å². The molecule has 1 fully saturated rings. The third kappa shape index (κ3) is 5.92. The Bertz CT molecular complexity index is 565. The van der Waals surface area contributed by atoms with Crippen LogP contribution >= 0.6 is 0 Å². The first-order chi connectivity index (χ1) is 11.6. The zero-order valence-electron chi connectivity index (χ0n) is 14.1. The molecule has 2 rings (SSSR count). The number of nitrogens with zero attached hydrogens (tertiary/aromatic N) is 1. The molecule has 0 radical (unpaired) electrons. The van der Waals surface area contributed by atoms with Gasteiger partial charge in [-0.3, -0.25) is 14.5 Å². The van der Waals surface area contributed by atoms with E-state index in [1.165, 1.54) is 13.2 Å². The summed E-state index contributed by atoms with van der Waals surface area (Å²) in [4.78, 5) is 25.2. The maximum atomic E-state index is 13.8. The number of carbonyl (C=O) groups is 2. The average Bonchev–Trinajstić information content (AvgIpc) is 2.57. The number of ether oxygens (including phenoxy) is 1. The largest absolute Gasteiger partial charge is 0.469 e. The minimum absolute atomic E-state index is 0.0448. The molecule has 1 heterocycles. The molecule has 1 N–H and O–H groups in total. The number of methoxy groups -OCH3 is 1. The predicted octanol–water partition coefficient (Wildman–Crippen LogP) is 2.25. The van der Waals surface area contributed by atoms with Crippen LogP contribution in [0.15, 0.2) is 24.3 Å². The number of halogens is 1. The monoisotopic (exact) mass is 336 g/mol. The molecular weight excluding hydrogens is 311 g/mol. The van der Waals surface area contributed by atoms with Gasteiger partial charge in [-0.2, -0.15) is 0 Å². The van der Waals surface area contributed by atoms with Crippen LogP contribution in [-0.2, 0) is 20.9 Å². The first kappa shape index (κ1) is 18.4. The molecule has 1 saturated heterocycles. The van der Waals surface area contributed by atoms with E-state index in [4.69, 9.17) is 0 Å². The Morgan fingerprint density at radius 3 is 2.88 bits per heavy atom. The Kier molecular flexibility index (Phi) is 7.18. The minimum atomic E-state index is -0.295. The van der Waals surface area contributed by atoms with E-state index in [1.54, 1.807) is 12.1 Å². The summed E-state index contributed by atoms with van der Waals surface area (Å²) in [6, 6.07) is 6.87. The summed E-state index contributed by atoms with van der Waals surface area (Å²) < 4.78 is 18.3. The van der Waals surface area contributed by atoms with Crippen molar-refractivity contribution in [3.63, 3.8) is 0 Å². The summed E-state index contributed by atoms with van der Waals surface area (Å²) >= 11 is 0. The van der Waals surface area contributed by atoms with Crippen molar-refractivity contribution in [3.8, 4) is 0 Å². The molecule has 1 aliphatic heterocycles. The van der Waals surface area contributed by atoms with Gasteiger partial charge >= 0.3 is 5.97 Å². The summed E-state index contributed by atoms with van der Waals surface area (Å²) in [6.07, 6.45) is 2.97. The third-order valence-electron chi connectivity index (χ3n) is 4.23. The normalized spacial score (nSPS) is 18.2. The fraction of sp³-hybridized carbons (Fsp3) is 0.556. The van der Waals surface area contributed by atoms with Gasteiger partial charge in [-0.15, -0.1) is 0 Å². The molecule has 1 aromatic carbocycles. The molecule has 5 nitrogen and oxygen atoms in total. The van der Waals surface area contributed by atoms with Crippen LogP contribution in [0.4, 0.5) is 4.39 Å². The number of likely N-dealkylation sites (tertiary alicyclic amines) is 1. The molecule has 0 unspecified atom stereocenters. The van der Waals surface area contributed by atoms with Gasteiger partial charge in [-0.25, -0.2) is 4.39 Å². The van der Waals surface area contributed by atoms with Gasteiger partial charge in [0.2, 0.25) is 5.91 Å². The molecule has 132 valence electrons. The lowest BCUT2D eigenvalue weighted by atomic mass is 10.0. The molecule has 0 aromatic heterocycles. The lowest BCUT2D eigenvalue weighted by Crippen LogP contribution is -2.47. The summed E-state index contributed by atoms with van der Waals surface area (Å²) in [6.45, 7) is 2.18. The van der Waals surface area contributed by atoms with Crippen LogP contribution in [0, 0.1) is 5.82 Å². The summed E-state index contributed by atoms with van der Waals surface area (Å²) in [5.74, 6) is -0.528. The van der Waals surface area contributed by atoms with E-state index >= 15 is 0 Å². The van der Waals surface area contributed by atoms with Crippen molar-refractivity contribution >= 4 is 11.9 Å². The highest BCUT2D eigenvalue weighted by Gasteiger charge is 2.22. The first-order valence-corrected chi connectivity index (χ1v) is 8.40. The van der Waals surface area contributed by atoms with Gasteiger partial charge in [0.1, 0.15) is 5.82 Å². The van der Waals surface area contributed by atoms with Gasteiger partial charge in [-0.1, -0.05) is 18.2 Å². The van der Waals surface area contributed by atoms with Crippen molar-refractivity contribution in [2.24, 2.45) is 0 Å². The maximum absolute atomic E-state index is 13.8. The van der Waals surface area contributed by atoms with E-state index in [-0.39, 0.29) is 30.2 Å². The Balaban J connectivity index is 1.75. The number of nitrogens with one attached hydrogen (secondary N) is 1.